The fraction of sp³-hybridized carbons (Fsp3) is 0.474. The molecule has 1 unspecified atom stereocenters. The summed E-state index contributed by atoms with van der Waals surface area (Å²) in [6, 6.07) is 6.17. The molecule has 0 aliphatic carbocycles. The second-order valence-electron chi connectivity index (χ2n) is 7.74. The maximum absolute atomic E-state index is 5.36. The molecule has 0 radical (unpaired) electrons. The summed E-state index contributed by atoms with van der Waals surface area (Å²) in [6.07, 6.45) is 2.83. The van der Waals surface area contributed by atoms with Crippen LogP contribution in [0.3, 0.4) is 0 Å². The molecule has 27 heavy (non-hydrogen) atoms. The first kappa shape index (κ1) is 18.1. The summed E-state index contributed by atoms with van der Waals surface area (Å²) in [5, 5.41) is 14.9. The van der Waals surface area contributed by atoms with Crippen LogP contribution in [0.25, 0.3) is 0 Å². The molecule has 0 amide bonds. The Morgan fingerprint density at radius 1 is 1.26 bits per heavy atom. The summed E-state index contributed by atoms with van der Waals surface area (Å²) >= 11 is 1.84. The predicted octanol–water partition coefficient (Wildman–Crippen LogP) is 3.04. The van der Waals surface area contributed by atoms with Gasteiger partial charge in [0.15, 0.2) is 5.82 Å². The Balaban J connectivity index is 1.80. The Hall–Kier alpha value is -2.32. The summed E-state index contributed by atoms with van der Waals surface area (Å²) in [7, 11) is 1.64. The highest BCUT2D eigenvalue weighted by Crippen LogP contribution is 2.35. The molecule has 0 saturated carbocycles. The first-order valence-corrected chi connectivity index (χ1v) is 9.93. The minimum atomic E-state index is -0.211. The molecular weight excluding hydrogens is 360 g/mol. The smallest absolute Gasteiger partial charge is 0.213 e. The van der Waals surface area contributed by atoms with Crippen LogP contribution in [0.15, 0.2) is 29.8 Å². The van der Waals surface area contributed by atoms with E-state index in [4.69, 9.17) is 4.74 Å². The SMILES string of the molecule is COc1cc(C(c2nnnn2C(C)(C)C)N2CCc3sccc3C2)ccn1. The van der Waals surface area contributed by atoms with E-state index < -0.39 is 0 Å². The molecule has 0 N–H and O–H groups in total. The summed E-state index contributed by atoms with van der Waals surface area (Å²) < 4.78 is 7.29. The van der Waals surface area contributed by atoms with E-state index in [-0.39, 0.29) is 11.6 Å². The van der Waals surface area contributed by atoms with E-state index in [0.29, 0.717) is 5.88 Å². The predicted molar refractivity (Wildman–Crippen MR) is 104 cm³/mol. The Bertz CT molecular complexity index is 928. The van der Waals surface area contributed by atoms with Gasteiger partial charge in [-0.1, -0.05) is 0 Å². The lowest BCUT2D eigenvalue weighted by atomic mass is 10.00. The van der Waals surface area contributed by atoms with Crippen LogP contribution < -0.4 is 4.74 Å². The number of fused-ring (bicyclic) bond motifs is 1. The second kappa shape index (κ2) is 7.01. The number of hydrogen-bond acceptors (Lipinski definition) is 7. The lowest BCUT2D eigenvalue weighted by Gasteiger charge is -2.35. The van der Waals surface area contributed by atoms with E-state index in [1.165, 1.54) is 10.4 Å². The van der Waals surface area contributed by atoms with Crippen molar-refractivity contribution in [1.29, 1.82) is 0 Å². The number of ether oxygens (including phenoxy) is 1. The van der Waals surface area contributed by atoms with Crippen molar-refractivity contribution >= 4 is 11.3 Å². The molecule has 0 saturated heterocycles. The van der Waals surface area contributed by atoms with Crippen molar-refractivity contribution in [3.63, 3.8) is 0 Å². The molecule has 1 aliphatic heterocycles. The van der Waals surface area contributed by atoms with E-state index in [1.807, 2.05) is 28.2 Å². The highest BCUT2D eigenvalue weighted by Gasteiger charge is 2.33. The second-order valence-corrected chi connectivity index (χ2v) is 8.74. The number of nitrogens with zero attached hydrogens (tertiary/aromatic N) is 6. The van der Waals surface area contributed by atoms with Gasteiger partial charge in [0.2, 0.25) is 5.88 Å². The Morgan fingerprint density at radius 3 is 2.89 bits per heavy atom. The molecule has 0 fully saturated rings. The molecule has 0 spiro atoms. The maximum Gasteiger partial charge on any atom is 0.213 e. The first-order chi connectivity index (χ1) is 13.0. The van der Waals surface area contributed by atoms with Crippen LogP contribution in [0.2, 0.25) is 0 Å². The third kappa shape index (κ3) is 3.46. The molecule has 142 valence electrons. The van der Waals surface area contributed by atoms with Crippen molar-refractivity contribution in [2.45, 2.75) is 45.3 Å². The van der Waals surface area contributed by atoms with Gasteiger partial charge in [-0.15, -0.1) is 16.4 Å². The topological polar surface area (TPSA) is 69.0 Å². The van der Waals surface area contributed by atoms with E-state index in [0.717, 1.165) is 30.9 Å². The molecule has 8 heteroatoms. The number of methoxy groups -OCH3 is 1. The van der Waals surface area contributed by atoms with Crippen molar-refractivity contribution in [3.8, 4) is 5.88 Å². The highest BCUT2D eigenvalue weighted by atomic mass is 32.1. The number of rotatable bonds is 4. The fourth-order valence-electron chi connectivity index (χ4n) is 3.56. The monoisotopic (exact) mass is 384 g/mol. The largest absolute Gasteiger partial charge is 0.481 e. The van der Waals surface area contributed by atoms with E-state index in [9.17, 15) is 0 Å². The zero-order valence-corrected chi connectivity index (χ0v) is 16.9. The minimum absolute atomic E-state index is 0.0656. The lowest BCUT2D eigenvalue weighted by Crippen LogP contribution is -2.37. The molecule has 0 aromatic carbocycles. The average molecular weight is 385 g/mol. The normalized spacial score (nSPS) is 16.1. The standard InChI is InChI=1S/C19H24N6OS/c1-19(2,3)25-18(21-22-23-25)17(13-5-8-20-16(11-13)26-4)24-9-6-15-14(12-24)7-10-27-15/h5,7-8,10-11,17H,6,9,12H2,1-4H3. The Kier molecular flexibility index (Phi) is 4.69. The Labute approximate surface area is 163 Å². The number of pyridine rings is 1. The number of tetrazole rings is 1. The van der Waals surface area contributed by atoms with Gasteiger partial charge in [-0.2, -0.15) is 0 Å². The zero-order chi connectivity index (χ0) is 19.0. The van der Waals surface area contributed by atoms with Gasteiger partial charge < -0.3 is 4.74 Å². The summed E-state index contributed by atoms with van der Waals surface area (Å²) in [5.74, 6) is 1.44. The molecule has 4 rings (SSSR count). The quantitative estimate of drug-likeness (QED) is 0.689. The van der Waals surface area contributed by atoms with E-state index in [2.05, 4.69) is 57.6 Å². The van der Waals surface area contributed by atoms with Gasteiger partial charge in [0.1, 0.15) is 0 Å². The van der Waals surface area contributed by atoms with Crippen molar-refractivity contribution in [2.75, 3.05) is 13.7 Å². The van der Waals surface area contributed by atoms with Gasteiger partial charge in [0, 0.05) is 30.2 Å². The maximum atomic E-state index is 5.36. The lowest BCUT2D eigenvalue weighted by molar-refractivity contribution is 0.186. The van der Waals surface area contributed by atoms with Crippen LogP contribution in [0, 0.1) is 0 Å². The van der Waals surface area contributed by atoms with Gasteiger partial charge in [0.25, 0.3) is 0 Å². The molecule has 0 bridgehead atoms. The third-order valence-corrected chi connectivity index (χ3v) is 5.88. The fourth-order valence-corrected chi connectivity index (χ4v) is 4.45. The third-order valence-electron chi connectivity index (χ3n) is 4.86. The zero-order valence-electron chi connectivity index (χ0n) is 16.1. The van der Waals surface area contributed by atoms with E-state index >= 15 is 0 Å². The number of thiophene rings is 1. The summed E-state index contributed by atoms with van der Waals surface area (Å²) in [6.45, 7) is 8.18. The van der Waals surface area contributed by atoms with Crippen molar-refractivity contribution < 1.29 is 4.74 Å². The molecule has 3 aromatic heterocycles. The minimum Gasteiger partial charge on any atom is -0.481 e. The molecule has 3 aromatic rings. The number of hydrogen-bond donors (Lipinski definition) is 0. The van der Waals surface area contributed by atoms with Crippen molar-refractivity contribution in [2.24, 2.45) is 0 Å². The van der Waals surface area contributed by atoms with E-state index in [1.54, 1.807) is 13.3 Å². The van der Waals surface area contributed by atoms with Crippen molar-refractivity contribution in [1.82, 2.24) is 30.1 Å². The highest BCUT2D eigenvalue weighted by molar-refractivity contribution is 7.10. The molecular formula is C19H24N6OS. The van der Waals surface area contributed by atoms with Crippen LogP contribution in [0.4, 0.5) is 0 Å². The van der Waals surface area contributed by atoms with Gasteiger partial charge in [0.05, 0.1) is 18.7 Å². The summed E-state index contributed by atoms with van der Waals surface area (Å²) in [4.78, 5) is 8.19. The molecule has 1 aliphatic rings. The van der Waals surface area contributed by atoms with Crippen LogP contribution in [-0.4, -0.2) is 43.7 Å². The van der Waals surface area contributed by atoms with Gasteiger partial charge in [-0.25, -0.2) is 9.67 Å². The molecule has 7 nitrogen and oxygen atoms in total. The molecule has 4 heterocycles. The summed E-state index contributed by atoms with van der Waals surface area (Å²) in [5.41, 5.74) is 2.27. The van der Waals surface area contributed by atoms with Crippen LogP contribution in [0.1, 0.15) is 48.6 Å². The van der Waals surface area contributed by atoms with Gasteiger partial charge >= 0.3 is 0 Å². The Morgan fingerprint density at radius 2 is 2.11 bits per heavy atom. The van der Waals surface area contributed by atoms with Gasteiger partial charge in [-0.3, -0.25) is 4.90 Å². The molecule has 1 atom stereocenters. The average Bonchev–Trinajstić information content (AvgIpc) is 3.31. The van der Waals surface area contributed by atoms with Crippen LogP contribution >= 0.6 is 11.3 Å². The van der Waals surface area contributed by atoms with Crippen molar-refractivity contribution in [3.05, 3.63) is 51.6 Å². The van der Waals surface area contributed by atoms with Gasteiger partial charge in [-0.05, 0) is 66.3 Å². The first-order valence-electron chi connectivity index (χ1n) is 9.05. The number of aromatic nitrogens is 5. The van der Waals surface area contributed by atoms with Crippen LogP contribution in [-0.2, 0) is 18.5 Å². The van der Waals surface area contributed by atoms with Crippen LogP contribution in [0.5, 0.6) is 5.88 Å².